The molecule has 0 saturated heterocycles. The third kappa shape index (κ3) is 2.65. The number of hydrogen-bond donors (Lipinski definition) is 2. The van der Waals surface area contributed by atoms with E-state index in [9.17, 15) is 9.90 Å². The van der Waals surface area contributed by atoms with Crippen molar-refractivity contribution in [2.45, 2.75) is 37.3 Å². The van der Waals surface area contributed by atoms with Crippen LogP contribution >= 0.6 is 24.0 Å². The Morgan fingerprint density at radius 2 is 1.95 bits per heavy atom. The highest BCUT2D eigenvalue weighted by molar-refractivity contribution is 6.31. The molecule has 2 rings (SSSR count). The van der Waals surface area contributed by atoms with Crippen LogP contribution in [0.15, 0.2) is 24.3 Å². The molecule has 19 heavy (non-hydrogen) atoms. The summed E-state index contributed by atoms with van der Waals surface area (Å²) in [7, 11) is 1.74. The van der Waals surface area contributed by atoms with Gasteiger partial charge in [0.2, 0.25) is 0 Å². The highest BCUT2D eigenvalue weighted by Gasteiger charge is 2.51. The zero-order valence-electron chi connectivity index (χ0n) is 11.1. The van der Waals surface area contributed by atoms with E-state index in [0.29, 0.717) is 17.9 Å². The van der Waals surface area contributed by atoms with Crippen LogP contribution in [0.25, 0.3) is 0 Å². The molecule has 3 nitrogen and oxygen atoms in total. The van der Waals surface area contributed by atoms with Crippen molar-refractivity contribution < 1.29 is 9.90 Å². The third-order valence-corrected chi connectivity index (χ3v) is 4.18. The van der Waals surface area contributed by atoms with Crippen molar-refractivity contribution in [3.63, 3.8) is 0 Å². The summed E-state index contributed by atoms with van der Waals surface area (Å²) in [6.45, 7) is 1.58. The minimum absolute atomic E-state index is 0. The lowest BCUT2D eigenvalue weighted by Crippen LogP contribution is -2.59. The largest absolute Gasteiger partial charge is 0.382 e. The fourth-order valence-electron chi connectivity index (χ4n) is 2.82. The maximum atomic E-state index is 12.6. The summed E-state index contributed by atoms with van der Waals surface area (Å²) in [4.78, 5) is 12.6. The second-order valence-corrected chi connectivity index (χ2v) is 5.50. The number of hydrogen-bond acceptors (Lipinski definition) is 3. The van der Waals surface area contributed by atoms with Crippen molar-refractivity contribution in [3.8, 4) is 0 Å². The van der Waals surface area contributed by atoms with E-state index in [1.807, 2.05) is 18.2 Å². The van der Waals surface area contributed by atoms with Crippen molar-refractivity contribution in [1.29, 1.82) is 0 Å². The van der Waals surface area contributed by atoms with E-state index in [1.165, 1.54) is 0 Å². The molecule has 1 fully saturated rings. The van der Waals surface area contributed by atoms with E-state index in [0.717, 1.165) is 12.0 Å². The lowest BCUT2D eigenvalue weighted by atomic mass is 9.69. The smallest absolute Gasteiger partial charge is 0.188 e. The predicted molar refractivity (Wildman–Crippen MR) is 78.9 cm³/mol. The van der Waals surface area contributed by atoms with E-state index in [-0.39, 0.29) is 18.2 Å². The molecule has 1 aliphatic carbocycles. The molecule has 0 aliphatic heterocycles. The third-order valence-electron chi connectivity index (χ3n) is 3.85. The number of aliphatic hydroxyl groups is 1. The molecule has 0 amide bonds. The predicted octanol–water partition coefficient (Wildman–Crippen LogP) is 2.68. The van der Waals surface area contributed by atoms with Gasteiger partial charge in [-0.25, -0.2) is 0 Å². The molecule has 2 atom stereocenters. The molecule has 0 spiro atoms. The number of carbonyl (C=O) groups excluding carboxylic acids is 1. The molecular weight excluding hydrogens is 285 g/mol. The van der Waals surface area contributed by atoms with Crippen molar-refractivity contribution in [1.82, 2.24) is 5.32 Å². The Labute approximate surface area is 124 Å². The van der Waals surface area contributed by atoms with Gasteiger partial charge in [-0.1, -0.05) is 29.8 Å². The molecule has 5 heteroatoms. The minimum atomic E-state index is -1.29. The first-order valence-corrected chi connectivity index (χ1v) is 6.53. The second kappa shape index (κ2) is 5.80. The maximum Gasteiger partial charge on any atom is 0.188 e. The molecule has 0 bridgehead atoms. The number of Topliss-reactive ketones (excluding diaryl/α,β-unsaturated/α-hetero) is 1. The SMILES string of the molecule is CN[C@@]1(c2ccccc2Cl)CCC[C@](C)(O)C1=O.Cl. The Morgan fingerprint density at radius 1 is 1.32 bits per heavy atom. The van der Waals surface area contributed by atoms with Gasteiger partial charge >= 0.3 is 0 Å². The number of nitrogens with one attached hydrogen (secondary N) is 1. The van der Waals surface area contributed by atoms with E-state index in [4.69, 9.17) is 11.6 Å². The zero-order valence-corrected chi connectivity index (χ0v) is 12.6. The van der Waals surface area contributed by atoms with Crippen LogP contribution in [0.5, 0.6) is 0 Å². The van der Waals surface area contributed by atoms with Crippen LogP contribution in [0.1, 0.15) is 31.7 Å². The number of halogens is 2. The van der Waals surface area contributed by atoms with E-state index < -0.39 is 11.1 Å². The molecule has 0 aromatic heterocycles. The summed E-state index contributed by atoms with van der Waals surface area (Å²) >= 11 is 6.21. The summed E-state index contributed by atoms with van der Waals surface area (Å²) in [5, 5.41) is 13.9. The fraction of sp³-hybridized carbons (Fsp3) is 0.500. The first kappa shape index (κ1) is 16.4. The fourth-order valence-corrected chi connectivity index (χ4v) is 3.12. The average Bonchev–Trinajstić information content (AvgIpc) is 2.34. The van der Waals surface area contributed by atoms with Gasteiger partial charge in [-0.3, -0.25) is 4.79 Å². The molecule has 0 unspecified atom stereocenters. The topological polar surface area (TPSA) is 49.3 Å². The van der Waals surface area contributed by atoms with Crippen LogP contribution in [-0.2, 0) is 10.3 Å². The molecule has 1 saturated carbocycles. The van der Waals surface area contributed by atoms with Gasteiger partial charge in [-0.05, 0) is 44.9 Å². The van der Waals surface area contributed by atoms with Crippen molar-refractivity contribution in [3.05, 3.63) is 34.9 Å². The molecule has 0 heterocycles. The van der Waals surface area contributed by atoms with Gasteiger partial charge in [0.05, 0.1) is 0 Å². The molecule has 1 aliphatic rings. The van der Waals surface area contributed by atoms with Gasteiger partial charge < -0.3 is 10.4 Å². The molecule has 1 aromatic carbocycles. The Balaban J connectivity index is 0.00000180. The monoisotopic (exact) mass is 303 g/mol. The van der Waals surface area contributed by atoms with Gasteiger partial charge in [0, 0.05) is 5.02 Å². The van der Waals surface area contributed by atoms with Crippen molar-refractivity contribution >= 4 is 29.8 Å². The minimum Gasteiger partial charge on any atom is -0.382 e. The zero-order chi connectivity index (χ0) is 13.4. The first-order chi connectivity index (χ1) is 8.44. The maximum absolute atomic E-state index is 12.6. The van der Waals surface area contributed by atoms with Crippen LogP contribution in [0.2, 0.25) is 5.02 Å². The summed E-state index contributed by atoms with van der Waals surface area (Å²) in [6, 6.07) is 7.31. The summed E-state index contributed by atoms with van der Waals surface area (Å²) in [5.74, 6) is -0.197. The van der Waals surface area contributed by atoms with Crippen LogP contribution in [-0.4, -0.2) is 23.5 Å². The van der Waals surface area contributed by atoms with E-state index >= 15 is 0 Å². The number of carbonyl (C=O) groups is 1. The van der Waals surface area contributed by atoms with Gasteiger partial charge in [0.15, 0.2) is 5.78 Å². The quantitative estimate of drug-likeness (QED) is 0.883. The number of likely N-dealkylation sites (N-methyl/N-ethyl adjacent to an activating group) is 1. The normalized spacial score (nSPS) is 30.8. The molecule has 1 aromatic rings. The number of ketones is 1. The Morgan fingerprint density at radius 3 is 2.53 bits per heavy atom. The standard InChI is InChI=1S/C14H18ClNO2.ClH/c1-13(18)8-5-9-14(16-2,12(13)17)10-6-3-4-7-11(10)15;/h3-4,6-7,16,18H,5,8-9H2,1-2H3;1H/t13-,14+;/m0./s1. The van der Waals surface area contributed by atoms with Crippen molar-refractivity contribution in [2.24, 2.45) is 0 Å². The molecule has 0 radical (unpaired) electrons. The molecular formula is C14H19Cl2NO2. The molecule has 106 valence electrons. The highest BCUT2D eigenvalue weighted by Crippen LogP contribution is 2.41. The van der Waals surface area contributed by atoms with E-state index in [1.54, 1.807) is 20.0 Å². The summed E-state index contributed by atoms with van der Waals surface area (Å²) in [5.41, 5.74) is -1.42. The van der Waals surface area contributed by atoms with Crippen LogP contribution in [0, 0.1) is 0 Å². The lowest BCUT2D eigenvalue weighted by Gasteiger charge is -2.42. The van der Waals surface area contributed by atoms with Crippen LogP contribution in [0.3, 0.4) is 0 Å². The van der Waals surface area contributed by atoms with Gasteiger partial charge in [-0.15, -0.1) is 12.4 Å². The van der Waals surface area contributed by atoms with Gasteiger partial charge in [-0.2, -0.15) is 0 Å². The number of rotatable bonds is 2. The second-order valence-electron chi connectivity index (χ2n) is 5.09. The first-order valence-electron chi connectivity index (χ1n) is 6.15. The number of benzene rings is 1. The summed E-state index contributed by atoms with van der Waals surface area (Å²) in [6.07, 6.45) is 1.94. The lowest BCUT2D eigenvalue weighted by molar-refractivity contribution is -0.148. The average molecular weight is 304 g/mol. The Kier molecular flexibility index (Phi) is 5.02. The molecule has 2 N–H and O–H groups in total. The summed E-state index contributed by atoms with van der Waals surface area (Å²) < 4.78 is 0. The Hall–Kier alpha value is -0.610. The highest BCUT2D eigenvalue weighted by atomic mass is 35.5. The van der Waals surface area contributed by atoms with Crippen LogP contribution < -0.4 is 5.32 Å². The van der Waals surface area contributed by atoms with Gasteiger partial charge in [0.1, 0.15) is 11.1 Å². The van der Waals surface area contributed by atoms with E-state index in [2.05, 4.69) is 5.32 Å². The van der Waals surface area contributed by atoms with Crippen molar-refractivity contribution in [2.75, 3.05) is 7.05 Å². The Bertz CT molecular complexity index is 476. The van der Waals surface area contributed by atoms with Crippen LogP contribution in [0.4, 0.5) is 0 Å². The van der Waals surface area contributed by atoms with Gasteiger partial charge in [0.25, 0.3) is 0 Å².